The number of anilines is 1. The number of nitriles is 1. The number of aromatic nitrogens is 3. The SMILES string of the molecule is COc1ccc(C2CCC(CN(C(=O)C3CCC(O)CC3)c3cc(-c4cnn(C5CC5)c4)ccn3)CC2)cc1C#N. The fraction of sp³-hybridized carbons (Fsp3) is 0.515. The molecule has 8 nitrogen and oxygen atoms in total. The predicted octanol–water partition coefficient (Wildman–Crippen LogP) is 6.02. The minimum Gasteiger partial charge on any atom is -0.495 e. The van der Waals surface area contributed by atoms with E-state index in [1.807, 2.05) is 40.0 Å². The monoisotopic (exact) mass is 553 g/mol. The lowest BCUT2D eigenvalue weighted by molar-refractivity contribution is -0.124. The van der Waals surface area contributed by atoms with Gasteiger partial charge in [0.05, 0.1) is 31.0 Å². The Morgan fingerprint density at radius 3 is 2.54 bits per heavy atom. The summed E-state index contributed by atoms with van der Waals surface area (Å²) in [5.41, 5.74) is 3.84. The molecule has 0 unspecified atom stereocenters. The molecule has 3 saturated carbocycles. The van der Waals surface area contributed by atoms with Crippen LogP contribution in [0.15, 0.2) is 48.9 Å². The van der Waals surface area contributed by atoms with E-state index in [-0.39, 0.29) is 17.9 Å². The Kier molecular flexibility index (Phi) is 8.06. The zero-order valence-corrected chi connectivity index (χ0v) is 23.8. The van der Waals surface area contributed by atoms with E-state index >= 15 is 0 Å². The average molecular weight is 554 g/mol. The number of hydrogen-bond acceptors (Lipinski definition) is 6. The van der Waals surface area contributed by atoms with Crippen molar-refractivity contribution in [3.05, 3.63) is 60.0 Å². The van der Waals surface area contributed by atoms with Gasteiger partial charge in [-0.2, -0.15) is 10.4 Å². The third-order valence-electron chi connectivity index (χ3n) is 9.29. The molecular formula is C33H39N5O3. The lowest BCUT2D eigenvalue weighted by Gasteiger charge is -2.35. The van der Waals surface area contributed by atoms with Crippen LogP contribution in [0, 0.1) is 23.2 Å². The number of nitrogens with zero attached hydrogens (tertiary/aromatic N) is 5. The largest absolute Gasteiger partial charge is 0.495 e. The van der Waals surface area contributed by atoms with Crippen LogP contribution < -0.4 is 9.64 Å². The number of carbonyl (C=O) groups is 1. The van der Waals surface area contributed by atoms with Crippen LogP contribution in [0.4, 0.5) is 5.82 Å². The van der Waals surface area contributed by atoms with Gasteiger partial charge in [-0.05, 0) is 111 Å². The number of methoxy groups -OCH3 is 1. The lowest BCUT2D eigenvalue weighted by atomic mass is 9.78. The first kappa shape index (κ1) is 27.5. The third-order valence-corrected chi connectivity index (χ3v) is 9.29. The molecule has 8 heteroatoms. The topological polar surface area (TPSA) is 104 Å². The molecule has 0 aliphatic heterocycles. The van der Waals surface area contributed by atoms with Crippen LogP contribution in [0.2, 0.25) is 0 Å². The molecule has 6 rings (SSSR count). The van der Waals surface area contributed by atoms with Crippen molar-refractivity contribution in [2.24, 2.45) is 11.8 Å². The zero-order chi connectivity index (χ0) is 28.3. The Balaban J connectivity index is 1.19. The van der Waals surface area contributed by atoms with Gasteiger partial charge in [0.25, 0.3) is 0 Å². The molecule has 0 atom stereocenters. The first-order valence-corrected chi connectivity index (χ1v) is 15.1. The summed E-state index contributed by atoms with van der Waals surface area (Å²) in [6.45, 7) is 0.647. The summed E-state index contributed by atoms with van der Waals surface area (Å²) in [7, 11) is 1.59. The minimum atomic E-state index is -0.299. The van der Waals surface area contributed by atoms with Gasteiger partial charge in [-0.15, -0.1) is 0 Å². The number of aliphatic hydroxyl groups is 1. The number of hydrogen-bond donors (Lipinski definition) is 1. The van der Waals surface area contributed by atoms with Gasteiger partial charge in [0, 0.05) is 30.4 Å². The van der Waals surface area contributed by atoms with Crippen LogP contribution in [0.5, 0.6) is 5.75 Å². The number of carbonyl (C=O) groups excluding carboxylic acids is 1. The Morgan fingerprint density at radius 1 is 1.05 bits per heavy atom. The third kappa shape index (κ3) is 6.15. The molecule has 1 amide bonds. The van der Waals surface area contributed by atoms with Crippen LogP contribution in [0.3, 0.4) is 0 Å². The van der Waals surface area contributed by atoms with Gasteiger partial charge in [0.1, 0.15) is 17.6 Å². The molecule has 214 valence electrons. The van der Waals surface area contributed by atoms with Crippen molar-refractivity contribution < 1.29 is 14.6 Å². The number of rotatable bonds is 8. The maximum atomic E-state index is 14.0. The number of benzene rings is 1. The summed E-state index contributed by atoms with van der Waals surface area (Å²) in [5, 5.41) is 24.1. The Bertz CT molecular complexity index is 1410. The standard InChI is InChI=1S/C33H39N5O3/c1-41-31-13-8-25(16-27(31)18-34)23-4-2-22(3-5-23)20-37(33(40)24-6-11-30(39)12-7-24)32-17-26(14-15-35-32)28-19-36-38(21-28)29-9-10-29/h8,13-17,19,21-24,29-30,39H,2-7,9-12,20H2,1H3. The van der Waals surface area contributed by atoms with E-state index in [9.17, 15) is 15.2 Å². The number of aliphatic hydroxyl groups excluding tert-OH is 1. The Morgan fingerprint density at radius 2 is 1.83 bits per heavy atom. The van der Waals surface area contributed by atoms with Gasteiger partial charge in [0.15, 0.2) is 0 Å². The second kappa shape index (κ2) is 12.0. The fourth-order valence-corrected chi connectivity index (χ4v) is 6.61. The van der Waals surface area contributed by atoms with Crippen LogP contribution in [-0.4, -0.2) is 45.5 Å². The average Bonchev–Trinajstić information content (AvgIpc) is 3.75. The van der Waals surface area contributed by atoms with Crippen molar-refractivity contribution in [3.63, 3.8) is 0 Å². The van der Waals surface area contributed by atoms with E-state index in [4.69, 9.17) is 9.72 Å². The molecule has 1 N–H and O–H groups in total. The Hall–Kier alpha value is -3.70. The summed E-state index contributed by atoms with van der Waals surface area (Å²) in [6.07, 6.45) is 14.7. The highest BCUT2D eigenvalue weighted by atomic mass is 16.5. The molecule has 2 aromatic heterocycles. The van der Waals surface area contributed by atoms with Gasteiger partial charge >= 0.3 is 0 Å². The lowest BCUT2D eigenvalue weighted by Crippen LogP contribution is -2.42. The number of ether oxygens (including phenoxy) is 1. The maximum Gasteiger partial charge on any atom is 0.231 e. The first-order valence-electron chi connectivity index (χ1n) is 15.1. The minimum absolute atomic E-state index is 0.0819. The van der Waals surface area contributed by atoms with Crippen LogP contribution >= 0.6 is 0 Å². The fourth-order valence-electron chi connectivity index (χ4n) is 6.61. The first-order chi connectivity index (χ1) is 20.0. The van der Waals surface area contributed by atoms with Crippen molar-refractivity contribution >= 4 is 11.7 Å². The summed E-state index contributed by atoms with van der Waals surface area (Å²) in [4.78, 5) is 20.6. The van der Waals surface area contributed by atoms with E-state index in [2.05, 4.69) is 23.4 Å². The normalized spacial score (nSPS) is 24.4. The van der Waals surface area contributed by atoms with E-state index in [1.54, 1.807) is 13.3 Å². The van der Waals surface area contributed by atoms with Gasteiger partial charge in [0.2, 0.25) is 5.91 Å². The molecular weight excluding hydrogens is 514 g/mol. The highest BCUT2D eigenvalue weighted by Gasteiger charge is 2.33. The van der Waals surface area contributed by atoms with Crippen molar-refractivity contribution in [3.8, 4) is 22.9 Å². The molecule has 1 aromatic carbocycles. The number of pyridine rings is 1. The second-order valence-electron chi connectivity index (χ2n) is 12.1. The number of amides is 1. The van der Waals surface area contributed by atoms with E-state index in [0.29, 0.717) is 54.4 Å². The predicted molar refractivity (Wildman–Crippen MR) is 156 cm³/mol. The van der Waals surface area contributed by atoms with E-state index < -0.39 is 0 Å². The molecule has 3 aliphatic rings. The zero-order valence-electron chi connectivity index (χ0n) is 23.8. The molecule has 3 aliphatic carbocycles. The Labute approximate surface area is 242 Å². The van der Waals surface area contributed by atoms with Crippen molar-refractivity contribution in [1.29, 1.82) is 5.26 Å². The second-order valence-corrected chi connectivity index (χ2v) is 12.1. The molecule has 0 saturated heterocycles. The van der Waals surface area contributed by atoms with Crippen LogP contribution in [0.25, 0.3) is 11.1 Å². The van der Waals surface area contributed by atoms with Crippen molar-refractivity contribution in [1.82, 2.24) is 14.8 Å². The smallest absolute Gasteiger partial charge is 0.231 e. The van der Waals surface area contributed by atoms with Crippen LogP contribution in [-0.2, 0) is 4.79 Å². The molecule has 2 heterocycles. The maximum absolute atomic E-state index is 14.0. The van der Waals surface area contributed by atoms with Gasteiger partial charge in [-0.25, -0.2) is 4.98 Å². The summed E-state index contributed by atoms with van der Waals surface area (Å²) >= 11 is 0. The molecule has 3 fully saturated rings. The van der Waals surface area contributed by atoms with E-state index in [0.717, 1.165) is 49.7 Å². The van der Waals surface area contributed by atoms with Gasteiger partial charge in [-0.1, -0.05) is 6.07 Å². The molecule has 0 bridgehead atoms. The van der Waals surface area contributed by atoms with Crippen molar-refractivity contribution in [2.75, 3.05) is 18.6 Å². The van der Waals surface area contributed by atoms with Gasteiger partial charge in [-0.3, -0.25) is 14.4 Å². The summed E-state index contributed by atoms with van der Waals surface area (Å²) < 4.78 is 7.37. The molecule has 41 heavy (non-hydrogen) atoms. The summed E-state index contributed by atoms with van der Waals surface area (Å²) in [5.74, 6) is 2.14. The molecule has 3 aromatic rings. The quantitative estimate of drug-likeness (QED) is 0.366. The van der Waals surface area contributed by atoms with Crippen molar-refractivity contribution in [2.45, 2.75) is 82.3 Å². The van der Waals surface area contributed by atoms with Crippen LogP contribution in [0.1, 0.15) is 87.3 Å². The summed E-state index contributed by atoms with van der Waals surface area (Å²) in [6, 6.07) is 12.8. The highest BCUT2D eigenvalue weighted by Crippen LogP contribution is 2.39. The molecule has 0 spiro atoms. The van der Waals surface area contributed by atoms with E-state index in [1.165, 1.54) is 18.4 Å². The highest BCUT2D eigenvalue weighted by molar-refractivity contribution is 5.94. The molecule has 0 radical (unpaired) electrons. The van der Waals surface area contributed by atoms with Gasteiger partial charge < -0.3 is 9.84 Å².